The van der Waals surface area contributed by atoms with Gasteiger partial charge in [-0.2, -0.15) is 0 Å². The lowest BCUT2D eigenvalue weighted by molar-refractivity contribution is 0.0601. The Hall–Kier alpha value is -0.0800. The van der Waals surface area contributed by atoms with Crippen LogP contribution in [0.15, 0.2) is 0 Å². The molecule has 116 valence electrons. The fourth-order valence-corrected chi connectivity index (χ4v) is 5.15. The van der Waals surface area contributed by atoms with E-state index in [0.717, 1.165) is 18.4 Å². The number of nitrogens with two attached hydrogens (primary N) is 1. The molecule has 1 heterocycles. The molecule has 3 aliphatic rings. The summed E-state index contributed by atoms with van der Waals surface area (Å²) in [6.45, 7) is 0.980. The van der Waals surface area contributed by atoms with Crippen LogP contribution >= 0.6 is 0 Å². The van der Waals surface area contributed by atoms with Crippen LogP contribution in [0.4, 0.5) is 0 Å². The summed E-state index contributed by atoms with van der Waals surface area (Å²) >= 11 is 0. The lowest BCUT2D eigenvalue weighted by atomic mass is 9.62. The molecule has 2 aliphatic carbocycles. The quantitative estimate of drug-likeness (QED) is 0.827. The topological polar surface area (TPSA) is 35.2 Å². The van der Waals surface area contributed by atoms with Crippen molar-refractivity contribution in [3.63, 3.8) is 0 Å². The SMILES string of the molecule is NC1(CCC2CCCO2)CCCCC1C1CCCCC1. The van der Waals surface area contributed by atoms with E-state index in [9.17, 15) is 0 Å². The van der Waals surface area contributed by atoms with Crippen molar-refractivity contribution in [1.29, 1.82) is 0 Å². The first-order valence-corrected chi connectivity index (χ1v) is 9.18. The lowest BCUT2D eigenvalue weighted by Gasteiger charge is -2.47. The second-order valence-electron chi connectivity index (χ2n) is 7.66. The van der Waals surface area contributed by atoms with Gasteiger partial charge in [-0.1, -0.05) is 44.9 Å². The Morgan fingerprint density at radius 2 is 1.70 bits per heavy atom. The zero-order valence-electron chi connectivity index (χ0n) is 13.1. The Kier molecular flexibility index (Phi) is 5.04. The maximum Gasteiger partial charge on any atom is 0.0576 e. The molecule has 0 spiro atoms. The molecule has 3 unspecified atom stereocenters. The third kappa shape index (κ3) is 3.39. The van der Waals surface area contributed by atoms with Gasteiger partial charge in [0.2, 0.25) is 0 Å². The predicted octanol–water partition coefficient (Wildman–Crippen LogP) is 4.41. The van der Waals surface area contributed by atoms with Crippen molar-refractivity contribution < 1.29 is 4.74 Å². The first kappa shape index (κ1) is 14.8. The van der Waals surface area contributed by atoms with E-state index in [-0.39, 0.29) is 5.54 Å². The minimum Gasteiger partial charge on any atom is -0.378 e. The molecule has 3 rings (SSSR count). The summed E-state index contributed by atoms with van der Waals surface area (Å²) in [6.07, 6.45) is 18.1. The molecule has 0 aromatic heterocycles. The van der Waals surface area contributed by atoms with Crippen LogP contribution in [0.1, 0.15) is 83.5 Å². The molecule has 20 heavy (non-hydrogen) atoms. The van der Waals surface area contributed by atoms with Crippen LogP contribution in [-0.4, -0.2) is 18.2 Å². The molecule has 3 atom stereocenters. The largest absolute Gasteiger partial charge is 0.378 e. The smallest absolute Gasteiger partial charge is 0.0576 e. The Bertz CT molecular complexity index is 294. The summed E-state index contributed by atoms with van der Waals surface area (Å²) < 4.78 is 5.81. The van der Waals surface area contributed by atoms with Gasteiger partial charge in [-0.25, -0.2) is 0 Å². The van der Waals surface area contributed by atoms with Crippen LogP contribution in [0, 0.1) is 11.8 Å². The molecule has 2 N–H and O–H groups in total. The number of hydrogen-bond acceptors (Lipinski definition) is 2. The van der Waals surface area contributed by atoms with Crippen LogP contribution < -0.4 is 5.73 Å². The maximum absolute atomic E-state index is 6.96. The second kappa shape index (κ2) is 6.79. The summed E-state index contributed by atoms with van der Waals surface area (Å²) in [6, 6.07) is 0. The van der Waals surface area contributed by atoms with Crippen molar-refractivity contribution >= 4 is 0 Å². The molecule has 0 aromatic rings. The van der Waals surface area contributed by atoms with Crippen molar-refractivity contribution in [2.45, 2.75) is 95.1 Å². The molecule has 3 fully saturated rings. The monoisotopic (exact) mass is 279 g/mol. The highest BCUT2D eigenvalue weighted by Crippen LogP contribution is 2.45. The van der Waals surface area contributed by atoms with Crippen LogP contribution in [-0.2, 0) is 4.74 Å². The Balaban J connectivity index is 1.59. The van der Waals surface area contributed by atoms with Gasteiger partial charge in [0.15, 0.2) is 0 Å². The molecule has 0 aromatic carbocycles. The van der Waals surface area contributed by atoms with Crippen molar-refractivity contribution in [3.8, 4) is 0 Å². The molecule has 2 heteroatoms. The number of rotatable bonds is 4. The van der Waals surface area contributed by atoms with Crippen LogP contribution in [0.2, 0.25) is 0 Å². The van der Waals surface area contributed by atoms with Gasteiger partial charge in [0.1, 0.15) is 0 Å². The van der Waals surface area contributed by atoms with Crippen LogP contribution in [0.5, 0.6) is 0 Å². The van der Waals surface area contributed by atoms with Gasteiger partial charge in [0, 0.05) is 12.1 Å². The van der Waals surface area contributed by atoms with Gasteiger partial charge in [-0.05, 0) is 50.4 Å². The van der Waals surface area contributed by atoms with E-state index in [1.165, 1.54) is 83.5 Å². The Labute approximate surface area is 124 Å². The summed E-state index contributed by atoms with van der Waals surface area (Å²) in [7, 11) is 0. The van der Waals surface area contributed by atoms with Gasteiger partial charge in [-0.3, -0.25) is 0 Å². The third-order valence-corrected chi connectivity index (χ3v) is 6.32. The average Bonchev–Trinajstić information content (AvgIpc) is 3.00. The molecule has 2 nitrogen and oxygen atoms in total. The zero-order chi connectivity index (χ0) is 13.8. The molecular formula is C18H33NO. The van der Waals surface area contributed by atoms with Crippen molar-refractivity contribution in [1.82, 2.24) is 0 Å². The van der Waals surface area contributed by atoms with Crippen LogP contribution in [0.3, 0.4) is 0 Å². The molecule has 1 aliphatic heterocycles. The van der Waals surface area contributed by atoms with Crippen molar-refractivity contribution in [3.05, 3.63) is 0 Å². The maximum atomic E-state index is 6.96. The van der Waals surface area contributed by atoms with Gasteiger partial charge in [-0.15, -0.1) is 0 Å². The van der Waals surface area contributed by atoms with Gasteiger partial charge < -0.3 is 10.5 Å². The Morgan fingerprint density at radius 1 is 0.900 bits per heavy atom. The van der Waals surface area contributed by atoms with E-state index < -0.39 is 0 Å². The van der Waals surface area contributed by atoms with E-state index in [1.807, 2.05) is 0 Å². The highest BCUT2D eigenvalue weighted by Gasteiger charge is 2.41. The van der Waals surface area contributed by atoms with Crippen LogP contribution in [0.25, 0.3) is 0 Å². The lowest BCUT2D eigenvalue weighted by Crippen LogP contribution is -2.52. The summed E-state index contributed by atoms with van der Waals surface area (Å²) in [5.41, 5.74) is 7.09. The van der Waals surface area contributed by atoms with Gasteiger partial charge in [0.05, 0.1) is 6.10 Å². The molecule has 0 amide bonds. The highest BCUT2D eigenvalue weighted by atomic mass is 16.5. The first-order valence-electron chi connectivity index (χ1n) is 9.18. The summed E-state index contributed by atoms with van der Waals surface area (Å²) in [5, 5.41) is 0. The molecule has 0 radical (unpaired) electrons. The standard InChI is InChI=1S/C18H33NO/c19-18(13-11-16-9-6-14-20-16)12-5-4-10-17(18)15-7-2-1-3-8-15/h15-17H,1-14,19H2. The number of hydrogen-bond donors (Lipinski definition) is 1. The highest BCUT2D eigenvalue weighted by molar-refractivity contribution is 4.98. The normalized spacial score (nSPS) is 40.0. The fourth-order valence-electron chi connectivity index (χ4n) is 5.15. The van der Waals surface area contributed by atoms with Crippen molar-refractivity contribution in [2.24, 2.45) is 17.6 Å². The molecular weight excluding hydrogens is 246 g/mol. The summed E-state index contributed by atoms with van der Waals surface area (Å²) in [4.78, 5) is 0. The van der Waals surface area contributed by atoms with E-state index in [0.29, 0.717) is 6.10 Å². The number of ether oxygens (including phenoxy) is 1. The third-order valence-electron chi connectivity index (χ3n) is 6.32. The zero-order valence-corrected chi connectivity index (χ0v) is 13.1. The molecule has 2 saturated carbocycles. The molecule has 1 saturated heterocycles. The first-order chi connectivity index (χ1) is 9.78. The minimum absolute atomic E-state index is 0.131. The van der Waals surface area contributed by atoms with E-state index >= 15 is 0 Å². The fraction of sp³-hybridized carbons (Fsp3) is 1.00. The molecule has 0 bridgehead atoms. The van der Waals surface area contributed by atoms with E-state index in [2.05, 4.69) is 0 Å². The van der Waals surface area contributed by atoms with Crippen molar-refractivity contribution in [2.75, 3.05) is 6.61 Å². The second-order valence-corrected chi connectivity index (χ2v) is 7.66. The summed E-state index contributed by atoms with van der Waals surface area (Å²) in [5.74, 6) is 1.73. The van der Waals surface area contributed by atoms with E-state index in [4.69, 9.17) is 10.5 Å². The Morgan fingerprint density at radius 3 is 2.45 bits per heavy atom. The minimum atomic E-state index is 0.131. The predicted molar refractivity (Wildman–Crippen MR) is 83.7 cm³/mol. The average molecular weight is 279 g/mol. The van der Waals surface area contributed by atoms with Gasteiger partial charge in [0.25, 0.3) is 0 Å². The van der Waals surface area contributed by atoms with Gasteiger partial charge >= 0.3 is 0 Å². The van der Waals surface area contributed by atoms with E-state index in [1.54, 1.807) is 0 Å².